The maximum Gasteiger partial charge on any atom is 0.333 e. The third kappa shape index (κ3) is 4.71. The van der Waals surface area contributed by atoms with E-state index >= 15 is 0 Å². The molecular formula is C23H24O3S. The number of hydrogen-bond donors (Lipinski definition) is 0. The standard InChI is InChI=1S/C23H24O3S/c1-4-27-19-10-9-18-13-17-7-5-6-8-20(17)22(21(18)14-19)15-25-11-12-26-23(24)16(2)3/h5-10,13-14H,2,4,11-12,15H2,1,3H3. The van der Waals surface area contributed by atoms with Gasteiger partial charge in [-0.15, -0.1) is 11.8 Å². The van der Waals surface area contributed by atoms with E-state index in [2.05, 4.69) is 62.0 Å². The molecule has 0 saturated heterocycles. The summed E-state index contributed by atoms with van der Waals surface area (Å²) in [7, 11) is 0. The summed E-state index contributed by atoms with van der Waals surface area (Å²) in [6, 6.07) is 17.2. The lowest BCUT2D eigenvalue weighted by atomic mass is 9.97. The Morgan fingerprint density at radius 2 is 1.81 bits per heavy atom. The Balaban J connectivity index is 1.85. The van der Waals surface area contributed by atoms with Gasteiger partial charge in [0.25, 0.3) is 0 Å². The summed E-state index contributed by atoms with van der Waals surface area (Å²) in [6.07, 6.45) is 0. The lowest BCUT2D eigenvalue weighted by Crippen LogP contribution is -2.11. The van der Waals surface area contributed by atoms with Crippen LogP contribution in [-0.2, 0) is 20.9 Å². The summed E-state index contributed by atoms with van der Waals surface area (Å²) >= 11 is 1.84. The van der Waals surface area contributed by atoms with E-state index in [1.54, 1.807) is 6.92 Å². The van der Waals surface area contributed by atoms with Gasteiger partial charge in [-0.1, -0.05) is 43.8 Å². The Morgan fingerprint density at radius 1 is 1.04 bits per heavy atom. The van der Waals surface area contributed by atoms with Gasteiger partial charge < -0.3 is 9.47 Å². The highest BCUT2D eigenvalue weighted by atomic mass is 32.2. The second kappa shape index (κ2) is 9.07. The maximum atomic E-state index is 11.4. The van der Waals surface area contributed by atoms with Crippen molar-refractivity contribution in [1.82, 2.24) is 0 Å². The predicted octanol–water partition coefficient (Wildman–Crippen LogP) is 5.74. The molecule has 0 aliphatic carbocycles. The molecule has 3 aromatic rings. The van der Waals surface area contributed by atoms with Crippen molar-refractivity contribution < 1.29 is 14.3 Å². The minimum atomic E-state index is -0.379. The fraction of sp³-hybridized carbons (Fsp3) is 0.261. The first-order chi connectivity index (χ1) is 13.1. The summed E-state index contributed by atoms with van der Waals surface area (Å²) in [4.78, 5) is 12.7. The smallest absolute Gasteiger partial charge is 0.333 e. The molecule has 0 N–H and O–H groups in total. The van der Waals surface area contributed by atoms with E-state index in [1.807, 2.05) is 11.8 Å². The third-order valence-corrected chi connectivity index (χ3v) is 5.19. The molecule has 0 saturated carbocycles. The van der Waals surface area contributed by atoms with Crippen molar-refractivity contribution in [2.75, 3.05) is 19.0 Å². The Labute approximate surface area is 164 Å². The SMILES string of the molecule is C=C(C)C(=O)OCCOCc1c2ccccc2cc2ccc(SCC)cc12. The van der Waals surface area contributed by atoms with E-state index in [0.717, 1.165) is 5.75 Å². The molecule has 3 nitrogen and oxygen atoms in total. The van der Waals surface area contributed by atoms with Gasteiger partial charge in [-0.05, 0) is 58.0 Å². The molecule has 0 aliphatic heterocycles. The summed E-state index contributed by atoms with van der Waals surface area (Å²) in [5.74, 6) is 0.661. The number of hydrogen-bond acceptors (Lipinski definition) is 4. The molecule has 3 aromatic carbocycles. The van der Waals surface area contributed by atoms with E-state index in [9.17, 15) is 4.79 Å². The zero-order chi connectivity index (χ0) is 19.2. The van der Waals surface area contributed by atoms with Crippen LogP contribution in [0.1, 0.15) is 19.4 Å². The average molecular weight is 381 g/mol. The third-order valence-electron chi connectivity index (χ3n) is 4.31. The topological polar surface area (TPSA) is 35.5 Å². The van der Waals surface area contributed by atoms with Crippen molar-refractivity contribution in [3.8, 4) is 0 Å². The average Bonchev–Trinajstić information content (AvgIpc) is 2.67. The van der Waals surface area contributed by atoms with Crippen LogP contribution in [0, 0.1) is 0 Å². The Morgan fingerprint density at radius 3 is 2.59 bits per heavy atom. The molecule has 0 amide bonds. The van der Waals surface area contributed by atoms with Crippen LogP contribution >= 0.6 is 11.8 Å². The molecule has 0 aliphatic rings. The van der Waals surface area contributed by atoms with Gasteiger partial charge in [-0.2, -0.15) is 0 Å². The molecule has 0 spiro atoms. The summed E-state index contributed by atoms with van der Waals surface area (Å²) < 4.78 is 11.0. The molecule has 0 bridgehead atoms. The van der Waals surface area contributed by atoms with Crippen molar-refractivity contribution in [3.05, 3.63) is 66.2 Å². The van der Waals surface area contributed by atoms with Crippen LogP contribution in [0.3, 0.4) is 0 Å². The first-order valence-corrected chi connectivity index (χ1v) is 10.1. The van der Waals surface area contributed by atoms with Crippen molar-refractivity contribution in [2.45, 2.75) is 25.3 Å². The molecule has 0 heterocycles. The zero-order valence-electron chi connectivity index (χ0n) is 15.8. The quantitative estimate of drug-likeness (QED) is 0.164. The number of fused-ring (bicyclic) bond motifs is 2. The van der Waals surface area contributed by atoms with Crippen molar-refractivity contribution in [1.29, 1.82) is 0 Å². The van der Waals surface area contributed by atoms with Crippen molar-refractivity contribution >= 4 is 39.3 Å². The van der Waals surface area contributed by atoms with Gasteiger partial charge in [0, 0.05) is 10.5 Å². The summed E-state index contributed by atoms with van der Waals surface area (Å²) in [5.41, 5.74) is 1.57. The first kappa shape index (κ1) is 19.5. The predicted molar refractivity (Wildman–Crippen MR) is 113 cm³/mol. The van der Waals surface area contributed by atoms with Crippen LogP contribution in [0.15, 0.2) is 65.6 Å². The van der Waals surface area contributed by atoms with Gasteiger partial charge in [0.2, 0.25) is 0 Å². The molecule has 0 aromatic heterocycles. The molecular weight excluding hydrogens is 356 g/mol. The Kier molecular flexibility index (Phi) is 6.54. The number of benzene rings is 3. The first-order valence-electron chi connectivity index (χ1n) is 9.07. The molecule has 140 valence electrons. The Bertz CT molecular complexity index is 978. The van der Waals surface area contributed by atoms with Gasteiger partial charge in [0.15, 0.2) is 0 Å². The van der Waals surface area contributed by atoms with Gasteiger partial charge in [-0.25, -0.2) is 4.79 Å². The van der Waals surface area contributed by atoms with Crippen LogP contribution < -0.4 is 0 Å². The molecule has 0 fully saturated rings. The maximum absolute atomic E-state index is 11.4. The molecule has 0 atom stereocenters. The highest BCUT2D eigenvalue weighted by molar-refractivity contribution is 7.99. The van der Waals surface area contributed by atoms with Crippen LogP contribution in [-0.4, -0.2) is 24.9 Å². The Hall–Kier alpha value is -2.30. The van der Waals surface area contributed by atoms with Gasteiger partial charge in [0.05, 0.1) is 13.2 Å². The van der Waals surface area contributed by atoms with Crippen LogP contribution in [0.2, 0.25) is 0 Å². The van der Waals surface area contributed by atoms with E-state index < -0.39 is 0 Å². The van der Waals surface area contributed by atoms with E-state index in [4.69, 9.17) is 9.47 Å². The molecule has 0 radical (unpaired) electrons. The largest absolute Gasteiger partial charge is 0.460 e. The van der Waals surface area contributed by atoms with Crippen molar-refractivity contribution in [3.63, 3.8) is 0 Å². The highest BCUT2D eigenvalue weighted by Crippen LogP contribution is 2.32. The summed E-state index contributed by atoms with van der Waals surface area (Å²) in [6.45, 7) is 8.43. The summed E-state index contributed by atoms with van der Waals surface area (Å²) in [5, 5.41) is 4.82. The molecule has 0 unspecified atom stereocenters. The fourth-order valence-electron chi connectivity index (χ4n) is 3.04. The normalized spacial score (nSPS) is 11.0. The van der Waals surface area contributed by atoms with E-state index in [1.165, 1.54) is 32.0 Å². The fourth-order valence-corrected chi connectivity index (χ4v) is 3.73. The monoisotopic (exact) mass is 380 g/mol. The second-order valence-electron chi connectivity index (χ2n) is 6.36. The number of thioether (sulfide) groups is 1. The van der Waals surface area contributed by atoms with Crippen LogP contribution in [0.5, 0.6) is 0 Å². The van der Waals surface area contributed by atoms with Crippen molar-refractivity contribution in [2.24, 2.45) is 0 Å². The molecule has 3 rings (SSSR count). The lowest BCUT2D eigenvalue weighted by molar-refractivity contribution is -0.140. The van der Waals surface area contributed by atoms with Gasteiger partial charge in [0.1, 0.15) is 6.61 Å². The van der Waals surface area contributed by atoms with Crippen LogP contribution in [0.25, 0.3) is 21.5 Å². The van der Waals surface area contributed by atoms with Crippen LogP contribution in [0.4, 0.5) is 0 Å². The van der Waals surface area contributed by atoms with E-state index in [-0.39, 0.29) is 12.6 Å². The minimum Gasteiger partial charge on any atom is -0.460 e. The highest BCUT2D eigenvalue weighted by Gasteiger charge is 2.09. The second-order valence-corrected chi connectivity index (χ2v) is 7.70. The lowest BCUT2D eigenvalue weighted by Gasteiger charge is -2.13. The number of carbonyl (C=O) groups is 1. The number of rotatable bonds is 8. The number of carbonyl (C=O) groups excluding carboxylic acids is 1. The number of esters is 1. The van der Waals surface area contributed by atoms with Gasteiger partial charge >= 0.3 is 5.97 Å². The van der Waals surface area contributed by atoms with E-state index in [0.29, 0.717) is 18.8 Å². The van der Waals surface area contributed by atoms with Gasteiger partial charge in [-0.3, -0.25) is 0 Å². The molecule has 4 heteroatoms. The zero-order valence-corrected chi connectivity index (χ0v) is 16.6. The number of ether oxygens (including phenoxy) is 2. The minimum absolute atomic E-state index is 0.228. The molecule has 27 heavy (non-hydrogen) atoms.